The maximum absolute atomic E-state index is 10.2. The van der Waals surface area contributed by atoms with E-state index in [1.54, 1.807) is 13.2 Å². The molecule has 2 nitrogen and oxygen atoms in total. The van der Waals surface area contributed by atoms with Crippen molar-refractivity contribution in [2.45, 2.75) is 31.3 Å². The van der Waals surface area contributed by atoms with Crippen molar-refractivity contribution < 1.29 is 9.84 Å². The summed E-state index contributed by atoms with van der Waals surface area (Å²) in [6.45, 7) is 0. The Bertz CT molecular complexity index is 579. The molecule has 0 heterocycles. The summed E-state index contributed by atoms with van der Waals surface area (Å²) < 4.78 is 5.83. The van der Waals surface area contributed by atoms with Crippen molar-refractivity contribution in [3.8, 4) is 5.75 Å². The third kappa shape index (κ3) is 2.81. The zero-order valence-electron chi connectivity index (χ0n) is 12.4. The summed E-state index contributed by atoms with van der Waals surface area (Å²) in [6.07, 6.45) is 3.55. The molecule has 0 radical (unpaired) electrons. The fourth-order valence-electron chi connectivity index (χ4n) is 3.74. The van der Waals surface area contributed by atoms with Crippen molar-refractivity contribution in [2.24, 2.45) is 5.92 Å². The van der Waals surface area contributed by atoms with Crippen molar-refractivity contribution in [3.05, 3.63) is 65.7 Å². The first-order chi connectivity index (χ1) is 10.3. The standard InChI is InChI=1S/C19H22O2/c1-21-19(14-8-3-2-4-9-14)17-12-7-11-15(17)16-10-5-6-13-18(16)20/h2-6,8-10,13,15,17,19-20H,7,11-12H2,1H3/t15-,17-,19?/m0/s1. The number of hydrogen-bond acceptors (Lipinski definition) is 2. The lowest BCUT2D eigenvalue weighted by molar-refractivity contribution is 0.0465. The molecule has 1 fully saturated rings. The van der Waals surface area contributed by atoms with Crippen LogP contribution in [-0.4, -0.2) is 12.2 Å². The molecule has 1 unspecified atom stereocenters. The minimum atomic E-state index is 0.0957. The van der Waals surface area contributed by atoms with Gasteiger partial charge in [0.15, 0.2) is 0 Å². The van der Waals surface area contributed by atoms with Crippen LogP contribution in [-0.2, 0) is 4.74 Å². The average molecular weight is 282 g/mol. The Hall–Kier alpha value is -1.80. The Morgan fingerprint density at radius 3 is 2.43 bits per heavy atom. The highest BCUT2D eigenvalue weighted by atomic mass is 16.5. The molecule has 110 valence electrons. The predicted octanol–water partition coefficient (Wildman–Crippen LogP) is 4.66. The van der Waals surface area contributed by atoms with Gasteiger partial charge in [-0.15, -0.1) is 0 Å². The summed E-state index contributed by atoms with van der Waals surface area (Å²) in [7, 11) is 1.79. The van der Waals surface area contributed by atoms with E-state index in [4.69, 9.17) is 4.74 Å². The minimum Gasteiger partial charge on any atom is -0.508 e. The van der Waals surface area contributed by atoms with Gasteiger partial charge < -0.3 is 9.84 Å². The highest BCUT2D eigenvalue weighted by Gasteiger charge is 2.36. The second-order valence-corrected chi connectivity index (χ2v) is 5.83. The predicted molar refractivity (Wildman–Crippen MR) is 84.4 cm³/mol. The Balaban J connectivity index is 1.91. The minimum absolute atomic E-state index is 0.0957. The zero-order valence-corrected chi connectivity index (χ0v) is 12.4. The van der Waals surface area contributed by atoms with Gasteiger partial charge >= 0.3 is 0 Å². The molecule has 3 rings (SSSR count). The van der Waals surface area contributed by atoms with E-state index in [-0.39, 0.29) is 6.10 Å². The van der Waals surface area contributed by atoms with Crippen LogP contribution in [0, 0.1) is 5.92 Å². The molecule has 0 spiro atoms. The molecule has 0 aromatic heterocycles. The van der Waals surface area contributed by atoms with Crippen LogP contribution in [0.15, 0.2) is 54.6 Å². The fourth-order valence-corrected chi connectivity index (χ4v) is 3.74. The molecule has 1 saturated carbocycles. The van der Waals surface area contributed by atoms with Gasteiger partial charge in [0.25, 0.3) is 0 Å². The number of hydrogen-bond donors (Lipinski definition) is 1. The molecule has 2 aromatic rings. The lowest BCUT2D eigenvalue weighted by Crippen LogP contribution is -2.18. The van der Waals surface area contributed by atoms with Crippen LogP contribution < -0.4 is 0 Å². The van der Waals surface area contributed by atoms with E-state index in [1.165, 1.54) is 12.0 Å². The molecule has 2 aromatic carbocycles. The van der Waals surface area contributed by atoms with Gasteiger partial charge in [-0.3, -0.25) is 0 Å². The molecule has 0 bridgehead atoms. The van der Waals surface area contributed by atoms with E-state index in [0.29, 0.717) is 17.6 Å². The molecule has 21 heavy (non-hydrogen) atoms. The molecule has 0 amide bonds. The SMILES string of the molecule is COC(c1ccccc1)[C@H]1CCC[C@H]1c1ccccc1O. The lowest BCUT2D eigenvalue weighted by Gasteiger charge is -2.28. The smallest absolute Gasteiger partial charge is 0.119 e. The molecule has 1 N–H and O–H groups in total. The Morgan fingerprint density at radius 2 is 1.71 bits per heavy atom. The first-order valence-corrected chi connectivity index (χ1v) is 7.67. The van der Waals surface area contributed by atoms with Gasteiger partial charge in [0.1, 0.15) is 5.75 Å². The second-order valence-electron chi connectivity index (χ2n) is 5.83. The van der Waals surface area contributed by atoms with Crippen LogP contribution in [0.5, 0.6) is 5.75 Å². The number of phenolic OH excluding ortho intramolecular Hbond substituents is 1. The van der Waals surface area contributed by atoms with Gasteiger partial charge in [0.2, 0.25) is 0 Å². The Kier molecular flexibility index (Phi) is 4.26. The van der Waals surface area contributed by atoms with E-state index < -0.39 is 0 Å². The number of phenols is 1. The molecule has 2 heteroatoms. The van der Waals surface area contributed by atoms with Crippen LogP contribution >= 0.6 is 0 Å². The quantitative estimate of drug-likeness (QED) is 0.883. The van der Waals surface area contributed by atoms with Gasteiger partial charge in [-0.1, -0.05) is 55.0 Å². The lowest BCUT2D eigenvalue weighted by atomic mass is 9.82. The first kappa shape index (κ1) is 14.2. The van der Waals surface area contributed by atoms with Crippen LogP contribution in [0.3, 0.4) is 0 Å². The highest BCUT2D eigenvalue weighted by molar-refractivity contribution is 5.36. The summed E-state index contributed by atoms with van der Waals surface area (Å²) >= 11 is 0. The van der Waals surface area contributed by atoms with Crippen LogP contribution in [0.25, 0.3) is 0 Å². The molecular formula is C19H22O2. The maximum Gasteiger partial charge on any atom is 0.119 e. The summed E-state index contributed by atoms with van der Waals surface area (Å²) in [5, 5.41) is 10.2. The summed E-state index contributed by atoms with van der Waals surface area (Å²) in [4.78, 5) is 0. The number of methoxy groups -OCH3 is 1. The molecule has 1 aliphatic carbocycles. The van der Waals surface area contributed by atoms with Crippen LogP contribution in [0.1, 0.15) is 42.4 Å². The topological polar surface area (TPSA) is 29.5 Å². The molecule has 3 atom stereocenters. The summed E-state index contributed by atoms with van der Waals surface area (Å²) in [5.41, 5.74) is 2.30. The Morgan fingerprint density at radius 1 is 1.00 bits per heavy atom. The summed E-state index contributed by atoms with van der Waals surface area (Å²) in [6, 6.07) is 18.2. The number of para-hydroxylation sites is 1. The van der Waals surface area contributed by atoms with Crippen molar-refractivity contribution in [2.75, 3.05) is 7.11 Å². The molecule has 0 aliphatic heterocycles. The van der Waals surface area contributed by atoms with E-state index in [2.05, 4.69) is 30.3 Å². The van der Waals surface area contributed by atoms with Gasteiger partial charge in [-0.25, -0.2) is 0 Å². The van der Waals surface area contributed by atoms with Crippen molar-refractivity contribution >= 4 is 0 Å². The van der Waals surface area contributed by atoms with Gasteiger partial charge in [0, 0.05) is 7.11 Å². The Labute approximate surface area is 126 Å². The summed E-state index contributed by atoms with van der Waals surface area (Å²) in [5.74, 6) is 1.21. The van der Waals surface area contributed by atoms with Gasteiger partial charge in [0.05, 0.1) is 6.10 Å². The monoisotopic (exact) mass is 282 g/mol. The van der Waals surface area contributed by atoms with E-state index in [9.17, 15) is 5.11 Å². The van der Waals surface area contributed by atoms with Crippen molar-refractivity contribution in [3.63, 3.8) is 0 Å². The fraction of sp³-hybridized carbons (Fsp3) is 0.368. The maximum atomic E-state index is 10.2. The third-order valence-electron chi connectivity index (χ3n) is 4.68. The first-order valence-electron chi connectivity index (χ1n) is 7.67. The number of benzene rings is 2. The van der Waals surface area contributed by atoms with E-state index in [1.807, 2.05) is 18.2 Å². The molecule has 1 aliphatic rings. The van der Waals surface area contributed by atoms with E-state index in [0.717, 1.165) is 18.4 Å². The van der Waals surface area contributed by atoms with E-state index >= 15 is 0 Å². The van der Waals surface area contributed by atoms with Crippen LogP contribution in [0.4, 0.5) is 0 Å². The third-order valence-corrected chi connectivity index (χ3v) is 4.68. The van der Waals surface area contributed by atoms with Crippen LogP contribution in [0.2, 0.25) is 0 Å². The largest absolute Gasteiger partial charge is 0.508 e. The normalized spacial score (nSPS) is 23.1. The van der Waals surface area contributed by atoms with Gasteiger partial charge in [-0.05, 0) is 41.9 Å². The average Bonchev–Trinajstić information content (AvgIpc) is 2.99. The highest BCUT2D eigenvalue weighted by Crippen LogP contribution is 2.49. The van der Waals surface area contributed by atoms with Crippen molar-refractivity contribution in [1.29, 1.82) is 0 Å². The number of aromatic hydroxyl groups is 1. The molecular weight excluding hydrogens is 260 g/mol. The zero-order chi connectivity index (χ0) is 14.7. The number of rotatable bonds is 4. The second kappa shape index (κ2) is 6.31. The number of ether oxygens (including phenoxy) is 1. The molecule has 0 saturated heterocycles. The van der Waals surface area contributed by atoms with Gasteiger partial charge in [-0.2, -0.15) is 0 Å². The van der Waals surface area contributed by atoms with Crippen molar-refractivity contribution in [1.82, 2.24) is 0 Å².